The molecule has 0 amide bonds. The van der Waals surface area contributed by atoms with E-state index >= 15 is 0 Å². The summed E-state index contributed by atoms with van der Waals surface area (Å²) in [4.78, 5) is 0. The number of rotatable bonds is 5. The highest BCUT2D eigenvalue weighted by molar-refractivity contribution is 5.62. The first-order valence-electron chi connectivity index (χ1n) is 3.82. The van der Waals surface area contributed by atoms with Gasteiger partial charge in [0.15, 0.2) is 0 Å². The first-order valence-corrected chi connectivity index (χ1v) is 3.82. The summed E-state index contributed by atoms with van der Waals surface area (Å²) in [6.45, 7) is 5.63. The number of nitrogens with zero attached hydrogens (tertiary/aromatic N) is 1. The van der Waals surface area contributed by atoms with Gasteiger partial charge in [-0.2, -0.15) is 5.10 Å². The lowest BCUT2D eigenvalue weighted by atomic mass is 10.2. The van der Waals surface area contributed by atoms with E-state index in [1.54, 1.807) is 26.4 Å². The summed E-state index contributed by atoms with van der Waals surface area (Å²) >= 11 is 0. The van der Waals surface area contributed by atoms with Crippen LogP contribution in [0.15, 0.2) is 29.6 Å². The molecule has 0 radical (unpaired) electrons. The van der Waals surface area contributed by atoms with Gasteiger partial charge >= 0.3 is 0 Å². The fourth-order valence-electron chi connectivity index (χ4n) is 0.714. The highest BCUT2D eigenvalue weighted by Crippen LogP contribution is 2.02. The molecule has 1 atom stereocenters. The van der Waals surface area contributed by atoms with Gasteiger partial charge in [-0.05, 0) is 12.2 Å². The fourth-order valence-corrected chi connectivity index (χ4v) is 0.714. The molecule has 3 nitrogen and oxygen atoms in total. The van der Waals surface area contributed by atoms with E-state index in [4.69, 9.17) is 4.74 Å². The summed E-state index contributed by atoms with van der Waals surface area (Å²) in [5.74, 6) is 1.01. The second kappa shape index (κ2) is 6.46. The molecule has 1 unspecified atom stereocenters. The maximum Gasteiger partial charge on any atom is 0.114 e. The van der Waals surface area contributed by atoms with Crippen LogP contribution in [0.1, 0.15) is 6.92 Å². The van der Waals surface area contributed by atoms with E-state index in [2.05, 4.69) is 17.1 Å². The van der Waals surface area contributed by atoms with Crippen LogP contribution in [0.2, 0.25) is 0 Å². The molecule has 1 N–H and O–H groups in total. The molecule has 0 bridgehead atoms. The Morgan fingerprint density at radius 2 is 2.33 bits per heavy atom. The lowest BCUT2D eigenvalue weighted by Gasteiger charge is -2.02. The molecule has 0 aromatic rings. The van der Waals surface area contributed by atoms with Crippen LogP contribution >= 0.6 is 0 Å². The zero-order valence-electron chi connectivity index (χ0n) is 7.87. The number of nitrogens with one attached hydrogen (secondary N) is 1. The van der Waals surface area contributed by atoms with Crippen LogP contribution in [0.3, 0.4) is 0 Å². The first-order chi connectivity index (χ1) is 5.74. The number of hydrogen-bond acceptors (Lipinski definition) is 3. The molecular weight excluding hydrogens is 152 g/mol. The minimum absolute atomic E-state index is 0.241. The monoisotopic (exact) mass is 168 g/mol. The number of hydrazone groups is 1. The highest BCUT2D eigenvalue weighted by Gasteiger charge is 1.94. The third-order valence-corrected chi connectivity index (χ3v) is 1.30. The molecular formula is C9H16N2O. The average molecular weight is 168 g/mol. The maximum atomic E-state index is 5.01. The summed E-state index contributed by atoms with van der Waals surface area (Å²) in [5, 5.41) is 3.88. The van der Waals surface area contributed by atoms with Crippen molar-refractivity contribution >= 4 is 6.21 Å². The third kappa shape index (κ3) is 4.55. The molecule has 0 aliphatic rings. The van der Waals surface area contributed by atoms with Gasteiger partial charge in [-0.1, -0.05) is 13.5 Å². The second-order valence-corrected chi connectivity index (χ2v) is 2.34. The molecule has 12 heavy (non-hydrogen) atoms. The van der Waals surface area contributed by atoms with Crippen LogP contribution < -0.4 is 5.43 Å². The van der Waals surface area contributed by atoms with Crippen LogP contribution in [-0.4, -0.2) is 20.4 Å². The van der Waals surface area contributed by atoms with E-state index in [9.17, 15) is 0 Å². The molecule has 0 rings (SSSR count). The normalized spacial score (nSPS) is 14.4. The maximum absolute atomic E-state index is 5.01. The summed E-state index contributed by atoms with van der Waals surface area (Å²) < 4.78 is 5.01. The number of allylic oxidation sites excluding steroid dienone is 2. The lowest BCUT2D eigenvalue weighted by molar-refractivity contribution is 0.304. The molecule has 0 aromatic heterocycles. The Hall–Kier alpha value is -1.25. The molecule has 0 aliphatic heterocycles. The van der Waals surface area contributed by atoms with Crippen LogP contribution in [-0.2, 0) is 4.74 Å². The summed E-state index contributed by atoms with van der Waals surface area (Å²) in [7, 11) is 3.38. The minimum Gasteiger partial charge on any atom is -0.497 e. The van der Waals surface area contributed by atoms with Gasteiger partial charge in [0.1, 0.15) is 5.76 Å². The third-order valence-electron chi connectivity index (χ3n) is 1.30. The topological polar surface area (TPSA) is 33.6 Å². The van der Waals surface area contributed by atoms with E-state index in [1.807, 2.05) is 13.0 Å². The van der Waals surface area contributed by atoms with Crippen molar-refractivity contribution in [2.24, 2.45) is 11.0 Å². The molecule has 0 spiro atoms. The van der Waals surface area contributed by atoms with Crippen molar-refractivity contribution in [1.29, 1.82) is 0 Å². The number of ether oxygens (including phenoxy) is 1. The van der Waals surface area contributed by atoms with Crippen molar-refractivity contribution in [2.75, 3.05) is 14.2 Å². The Morgan fingerprint density at radius 1 is 1.67 bits per heavy atom. The predicted octanol–water partition coefficient (Wildman–Crippen LogP) is 1.54. The van der Waals surface area contributed by atoms with Gasteiger partial charge in [0.25, 0.3) is 0 Å². The SMILES string of the molecule is C=C/C(=C\C(C)/C=N\NC)OC. The standard InChI is InChI=1S/C9H16N2O/c1-5-9(12-4)6-8(2)7-11-10-3/h5-8,10H,1H2,2-4H3/b9-6+,11-7-. The van der Waals surface area contributed by atoms with E-state index in [1.165, 1.54) is 0 Å². The fraction of sp³-hybridized carbons (Fsp3) is 0.444. The molecule has 0 fully saturated rings. The van der Waals surface area contributed by atoms with Crippen molar-refractivity contribution in [3.63, 3.8) is 0 Å². The predicted molar refractivity (Wildman–Crippen MR) is 52.0 cm³/mol. The van der Waals surface area contributed by atoms with Crippen molar-refractivity contribution in [3.8, 4) is 0 Å². The van der Waals surface area contributed by atoms with E-state index in [0.717, 1.165) is 5.76 Å². The molecule has 68 valence electrons. The van der Waals surface area contributed by atoms with Gasteiger partial charge in [0.2, 0.25) is 0 Å². The summed E-state index contributed by atoms with van der Waals surface area (Å²) in [5.41, 5.74) is 2.68. The quantitative estimate of drug-likeness (QED) is 0.292. The summed E-state index contributed by atoms with van der Waals surface area (Å²) in [6, 6.07) is 0. The van der Waals surface area contributed by atoms with Gasteiger partial charge in [-0.15, -0.1) is 0 Å². The highest BCUT2D eigenvalue weighted by atomic mass is 16.5. The zero-order chi connectivity index (χ0) is 9.40. The van der Waals surface area contributed by atoms with E-state index in [0.29, 0.717) is 0 Å². The number of hydrogen-bond donors (Lipinski definition) is 1. The van der Waals surface area contributed by atoms with Crippen LogP contribution in [0.4, 0.5) is 0 Å². The van der Waals surface area contributed by atoms with Gasteiger partial charge in [-0.3, -0.25) is 0 Å². The van der Waals surface area contributed by atoms with Crippen molar-refractivity contribution in [2.45, 2.75) is 6.92 Å². The minimum atomic E-state index is 0.241. The Morgan fingerprint density at radius 3 is 2.75 bits per heavy atom. The molecule has 0 heterocycles. The molecule has 0 aliphatic carbocycles. The number of methoxy groups -OCH3 is 1. The molecule has 0 saturated carbocycles. The van der Waals surface area contributed by atoms with Crippen LogP contribution in [0.25, 0.3) is 0 Å². The van der Waals surface area contributed by atoms with Gasteiger partial charge in [0, 0.05) is 19.2 Å². The first kappa shape index (κ1) is 10.8. The van der Waals surface area contributed by atoms with E-state index < -0.39 is 0 Å². The summed E-state index contributed by atoms with van der Waals surface area (Å²) in [6.07, 6.45) is 5.40. The smallest absolute Gasteiger partial charge is 0.114 e. The molecule has 0 aromatic carbocycles. The second-order valence-electron chi connectivity index (χ2n) is 2.34. The van der Waals surface area contributed by atoms with Crippen molar-refractivity contribution < 1.29 is 4.74 Å². The van der Waals surface area contributed by atoms with Gasteiger partial charge < -0.3 is 10.2 Å². The Bertz CT molecular complexity index is 185. The largest absolute Gasteiger partial charge is 0.497 e. The average Bonchev–Trinajstić information content (AvgIpc) is 2.10. The van der Waals surface area contributed by atoms with Gasteiger partial charge in [0.05, 0.1) is 7.11 Å². The van der Waals surface area contributed by atoms with Crippen LogP contribution in [0.5, 0.6) is 0 Å². The molecule has 0 saturated heterocycles. The molecule has 3 heteroatoms. The lowest BCUT2D eigenvalue weighted by Crippen LogP contribution is -2.00. The Labute approximate surface area is 73.8 Å². The zero-order valence-corrected chi connectivity index (χ0v) is 7.87. The van der Waals surface area contributed by atoms with Crippen molar-refractivity contribution in [3.05, 3.63) is 24.5 Å². The van der Waals surface area contributed by atoms with Crippen LogP contribution in [0, 0.1) is 5.92 Å². The van der Waals surface area contributed by atoms with Gasteiger partial charge in [-0.25, -0.2) is 0 Å². The Kier molecular flexibility index (Phi) is 5.79. The Balaban J connectivity index is 4.10. The van der Waals surface area contributed by atoms with Crippen molar-refractivity contribution in [1.82, 2.24) is 5.43 Å². The van der Waals surface area contributed by atoms with E-state index in [-0.39, 0.29) is 5.92 Å².